The Balaban J connectivity index is 2.52. The molecule has 1 N–H and O–H groups in total. The molecule has 0 aliphatic carbocycles. The summed E-state index contributed by atoms with van der Waals surface area (Å²) in [5.41, 5.74) is 2.56. The zero-order valence-electron chi connectivity index (χ0n) is 11.1. The van der Waals surface area contributed by atoms with Gasteiger partial charge >= 0.3 is 0 Å². The lowest BCUT2D eigenvalue weighted by Gasteiger charge is -2.30. The van der Waals surface area contributed by atoms with Crippen molar-refractivity contribution >= 4 is 5.71 Å². The van der Waals surface area contributed by atoms with Crippen molar-refractivity contribution in [2.75, 3.05) is 26.7 Å². The average Bonchev–Trinajstić information content (AvgIpc) is 2.26. The van der Waals surface area contributed by atoms with Crippen LogP contribution < -0.4 is 5.32 Å². The Bertz CT molecular complexity index is 268. The molecule has 0 saturated carbocycles. The Morgan fingerprint density at radius 3 is 2.88 bits per heavy atom. The summed E-state index contributed by atoms with van der Waals surface area (Å²) in [5, 5.41) is 3.50. The van der Waals surface area contributed by atoms with Gasteiger partial charge in [0.25, 0.3) is 0 Å². The molecule has 0 amide bonds. The Kier molecular flexibility index (Phi) is 5.71. The summed E-state index contributed by atoms with van der Waals surface area (Å²) >= 11 is 0. The van der Waals surface area contributed by atoms with Gasteiger partial charge in [0.2, 0.25) is 0 Å². The van der Waals surface area contributed by atoms with Gasteiger partial charge in [0.05, 0.1) is 6.04 Å². The molecule has 0 aromatic heterocycles. The molecule has 1 saturated heterocycles. The lowest BCUT2D eigenvalue weighted by Crippen LogP contribution is -2.52. The third-order valence-electron chi connectivity index (χ3n) is 3.02. The van der Waals surface area contributed by atoms with Crippen LogP contribution >= 0.6 is 0 Å². The molecular formula is C13H25N3. The second-order valence-electron chi connectivity index (χ2n) is 4.76. The highest BCUT2D eigenvalue weighted by Gasteiger charge is 2.18. The summed E-state index contributed by atoms with van der Waals surface area (Å²) in [6.45, 7) is 9.73. The molecule has 92 valence electrons. The fourth-order valence-corrected chi connectivity index (χ4v) is 1.94. The van der Waals surface area contributed by atoms with Gasteiger partial charge in [0, 0.05) is 31.5 Å². The van der Waals surface area contributed by atoms with E-state index in [9.17, 15) is 0 Å². The van der Waals surface area contributed by atoms with Gasteiger partial charge in [0.1, 0.15) is 0 Å². The molecule has 1 fully saturated rings. The molecule has 3 nitrogen and oxygen atoms in total. The first-order valence-electron chi connectivity index (χ1n) is 6.25. The second kappa shape index (κ2) is 6.81. The van der Waals surface area contributed by atoms with Crippen molar-refractivity contribution in [1.29, 1.82) is 0 Å². The fraction of sp³-hybridized carbons (Fsp3) is 0.769. The molecule has 1 aliphatic heterocycles. The Morgan fingerprint density at radius 2 is 2.25 bits per heavy atom. The number of hydrogen-bond donors (Lipinski definition) is 1. The molecule has 1 heterocycles. The van der Waals surface area contributed by atoms with Crippen LogP contribution in [0.15, 0.2) is 16.8 Å². The molecule has 0 aromatic rings. The highest BCUT2D eigenvalue weighted by Crippen LogP contribution is 2.04. The molecule has 1 atom stereocenters. The van der Waals surface area contributed by atoms with Gasteiger partial charge in [-0.3, -0.25) is 4.99 Å². The van der Waals surface area contributed by atoms with E-state index in [0.717, 1.165) is 26.1 Å². The lowest BCUT2D eigenvalue weighted by atomic mass is 10.1. The van der Waals surface area contributed by atoms with Crippen LogP contribution in [0.4, 0.5) is 0 Å². The van der Waals surface area contributed by atoms with Gasteiger partial charge in [-0.05, 0) is 27.3 Å². The summed E-state index contributed by atoms with van der Waals surface area (Å²) in [5.74, 6) is 0. The van der Waals surface area contributed by atoms with Gasteiger partial charge in [0.15, 0.2) is 0 Å². The summed E-state index contributed by atoms with van der Waals surface area (Å²) in [6.07, 6.45) is 4.37. The first-order valence-corrected chi connectivity index (χ1v) is 6.25. The van der Waals surface area contributed by atoms with Crippen molar-refractivity contribution in [3.8, 4) is 0 Å². The minimum absolute atomic E-state index is 0.421. The zero-order valence-corrected chi connectivity index (χ0v) is 11.1. The van der Waals surface area contributed by atoms with Gasteiger partial charge < -0.3 is 10.2 Å². The van der Waals surface area contributed by atoms with Gasteiger partial charge in [-0.15, -0.1) is 0 Å². The summed E-state index contributed by atoms with van der Waals surface area (Å²) in [4.78, 5) is 6.92. The van der Waals surface area contributed by atoms with Crippen molar-refractivity contribution in [3.63, 3.8) is 0 Å². The van der Waals surface area contributed by atoms with Crippen molar-refractivity contribution in [1.82, 2.24) is 10.2 Å². The monoisotopic (exact) mass is 223 g/mol. The predicted molar refractivity (Wildman–Crippen MR) is 71.1 cm³/mol. The second-order valence-corrected chi connectivity index (χ2v) is 4.76. The topological polar surface area (TPSA) is 27.6 Å². The van der Waals surface area contributed by atoms with E-state index in [1.807, 2.05) is 6.20 Å². The van der Waals surface area contributed by atoms with Crippen LogP contribution in [0.3, 0.4) is 0 Å². The molecule has 0 radical (unpaired) electrons. The molecule has 1 aliphatic rings. The van der Waals surface area contributed by atoms with Gasteiger partial charge in [-0.2, -0.15) is 0 Å². The van der Waals surface area contributed by atoms with Crippen molar-refractivity contribution in [3.05, 3.63) is 11.8 Å². The van der Waals surface area contributed by atoms with E-state index in [2.05, 4.69) is 43.0 Å². The number of aliphatic imine (C=N–C) groups is 1. The maximum Gasteiger partial charge on any atom is 0.0581 e. The number of nitrogens with zero attached hydrogens (tertiary/aromatic N) is 2. The maximum absolute atomic E-state index is 4.57. The maximum atomic E-state index is 4.57. The quantitative estimate of drug-likeness (QED) is 0.739. The summed E-state index contributed by atoms with van der Waals surface area (Å²) in [6, 6.07) is 0.421. The third kappa shape index (κ3) is 4.45. The van der Waals surface area contributed by atoms with Crippen LogP contribution in [0, 0.1) is 0 Å². The third-order valence-corrected chi connectivity index (χ3v) is 3.02. The zero-order chi connectivity index (χ0) is 12.0. The van der Waals surface area contributed by atoms with E-state index in [-0.39, 0.29) is 0 Å². The Morgan fingerprint density at radius 1 is 1.50 bits per heavy atom. The minimum Gasteiger partial charge on any atom is -0.307 e. The van der Waals surface area contributed by atoms with E-state index >= 15 is 0 Å². The Labute approximate surface area is 99.6 Å². The smallest absolute Gasteiger partial charge is 0.0581 e. The summed E-state index contributed by atoms with van der Waals surface area (Å²) < 4.78 is 0. The van der Waals surface area contributed by atoms with E-state index < -0.39 is 0 Å². The number of likely N-dealkylation sites (N-methyl/N-ethyl adjacent to an activating group) is 1. The van der Waals surface area contributed by atoms with Crippen LogP contribution in [0.25, 0.3) is 0 Å². The number of hydrogen-bond acceptors (Lipinski definition) is 3. The van der Waals surface area contributed by atoms with Crippen molar-refractivity contribution in [2.24, 2.45) is 4.99 Å². The molecule has 1 unspecified atom stereocenters. The Hall–Kier alpha value is -0.670. The number of rotatable bonds is 4. The molecular weight excluding hydrogens is 198 g/mol. The standard InChI is InChI=1S/C13H25N3/c1-5-6-11(2)9-15-12(3)13-10-16(4)8-7-14-13/h9,13-14H,5-8,10H2,1-4H3/b11-9-,15-12?. The first kappa shape index (κ1) is 13.4. The van der Waals surface area contributed by atoms with Gasteiger partial charge in [-0.1, -0.05) is 18.9 Å². The lowest BCUT2D eigenvalue weighted by molar-refractivity contribution is 0.269. The van der Waals surface area contributed by atoms with Crippen LogP contribution in [0.5, 0.6) is 0 Å². The van der Waals surface area contributed by atoms with Crippen LogP contribution in [-0.4, -0.2) is 43.3 Å². The normalized spacial score (nSPS) is 24.9. The van der Waals surface area contributed by atoms with E-state index in [1.165, 1.54) is 17.7 Å². The predicted octanol–water partition coefficient (Wildman–Crippen LogP) is 2.05. The highest BCUT2D eigenvalue weighted by molar-refractivity contribution is 5.88. The van der Waals surface area contributed by atoms with Gasteiger partial charge in [-0.25, -0.2) is 0 Å². The number of allylic oxidation sites excluding steroid dienone is 1. The molecule has 16 heavy (non-hydrogen) atoms. The van der Waals surface area contributed by atoms with Crippen LogP contribution in [0.1, 0.15) is 33.6 Å². The molecule has 0 aromatic carbocycles. The molecule has 0 bridgehead atoms. The van der Waals surface area contributed by atoms with Crippen LogP contribution in [-0.2, 0) is 0 Å². The van der Waals surface area contributed by atoms with Crippen LogP contribution in [0.2, 0.25) is 0 Å². The summed E-state index contributed by atoms with van der Waals surface area (Å²) in [7, 11) is 2.17. The highest BCUT2D eigenvalue weighted by atomic mass is 15.2. The van der Waals surface area contributed by atoms with Crippen molar-refractivity contribution in [2.45, 2.75) is 39.7 Å². The SMILES string of the molecule is CCC/C(C)=C\N=C(C)C1CN(C)CCN1. The largest absolute Gasteiger partial charge is 0.307 e. The number of piperazine rings is 1. The van der Waals surface area contributed by atoms with E-state index in [4.69, 9.17) is 0 Å². The number of nitrogens with one attached hydrogen (secondary N) is 1. The average molecular weight is 223 g/mol. The van der Waals surface area contributed by atoms with E-state index in [0.29, 0.717) is 6.04 Å². The molecule has 0 spiro atoms. The minimum atomic E-state index is 0.421. The molecule has 3 heteroatoms. The van der Waals surface area contributed by atoms with E-state index in [1.54, 1.807) is 0 Å². The fourth-order valence-electron chi connectivity index (χ4n) is 1.94. The molecule has 1 rings (SSSR count). The first-order chi connectivity index (χ1) is 7.63. The van der Waals surface area contributed by atoms with Crippen molar-refractivity contribution < 1.29 is 0 Å².